The summed E-state index contributed by atoms with van der Waals surface area (Å²) in [6.07, 6.45) is 13.1. The van der Waals surface area contributed by atoms with Crippen LogP contribution in [0.5, 0.6) is 5.75 Å². The summed E-state index contributed by atoms with van der Waals surface area (Å²) in [4.78, 5) is 0. The Labute approximate surface area is 224 Å². The highest BCUT2D eigenvalue weighted by atomic mass is 33.5. The van der Waals surface area contributed by atoms with Gasteiger partial charge >= 0.3 is 7.67 Å². The fourth-order valence-electron chi connectivity index (χ4n) is 4.54. The molecule has 4 unspecified atom stereocenters. The van der Waals surface area contributed by atoms with Gasteiger partial charge in [-0.2, -0.15) is 11.8 Å². The second-order valence-electron chi connectivity index (χ2n) is 9.80. The van der Waals surface area contributed by atoms with E-state index in [0.717, 1.165) is 27.4 Å². The molecule has 3 fully saturated rings. The quantitative estimate of drug-likeness (QED) is 0.127. The molecule has 0 aliphatic carbocycles. The maximum Gasteiger partial charge on any atom is 0.394 e. The molecule has 0 saturated carbocycles. The van der Waals surface area contributed by atoms with E-state index < -0.39 is 7.67 Å². The molecule has 1 aromatic carbocycles. The van der Waals surface area contributed by atoms with E-state index in [1.165, 1.54) is 63.4 Å². The van der Waals surface area contributed by atoms with Gasteiger partial charge in [0, 0.05) is 21.0 Å². The molecule has 0 radical (unpaired) electrons. The van der Waals surface area contributed by atoms with Crippen LogP contribution in [0.3, 0.4) is 0 Å². The Hall–Kier alpha value is 0.570. The lowest BCUT2D eigenvalue weighted by Gasteiger charge is -2.45. The van der Waals surface area contributed by atoms with E-state index >= 15 is 0 Å². The van der Waals surface area contributed by atoms with E-state index in [9.17, 15) is 4.57 Å². The molecule has 0 amide bonds. The van der Waals surface area contributed by atoms with Crippen LogP contribution in [0.1, 0.15) is 70.3 Å². The summed E-state index contributed by atoms with van der Waals surface area (Å²) in [6.45, 7) is 2.32. The molecule has 0 spiro atoms. The average Bonchev–Trinajstić information content (AvgIpc) is 2.74. The highest BCUT2D eigenvalue weighted by molar-refractivity contribution is 9.09. The molecule has 1 aromatic rings. The predicted molar refractivity (Wildman–Crippen MR) is 158 cm³/mol. The standard InChI is InChI=1S/C25H43N2O2PS4/c1-6-13-22-24-19-25(31-24)23(33-34-32-22)17-11-9-7-8-10-14-20-15-12-16-21(18-20)29-30(28,26(2)3)27(4)5/h12,15-16,18,22-25H,6-11,13-14,17,19H2,1-5H3. The van der Waals surface area contributed by atoms with Crippen molar-refractivity contribution in [3.05, 3.63) is 29.8 Å². The van der Waals surface area contributed by atoms with Crippen LogP contribution in [0.15, 0.2) is 24.3 Å². The van der Waals surface area contributed by atoms with Crippen LogP contribution in [0.2, 0.25) is 0 Å². The zero-order chi connectivity index (χ0) is 24.6. The van der Waals surface area contributed by atoms with E-state index in [-0.39, 0.29) is 0 Å². The van der Waals surface area contributed by atoms with Crippen LogP contribution in [-0.4, -0.2) is 58.5 Å². The van der Waals surface area contributed by atoms with Gasteiger partial charge in [0.1, 0.15) is 5.75 Å². The smallest absolute Gasteiger partial charge is 0.394 e. The van der Waals surface area contributed by atoms with Gasteiger partial charge in [0.25, 0.3) is 0 Å². The second kappa shape index (κ2) is 14.5. The number of benzene rings is 1. The van der Waals surface area contributed by atoms with Crippen molar-refractivity contribution in [3.8, 4) is 5.75 Å². The molecule has 34 heavy (non-hydrogen) atoms. The monoisotopic (exact) mass is 562 g/mol. The van der Waals surface area contributed by atoms with Crippen LogP contribution in [0.4, 0.5) is 0 Å². The first-order chi connectivity index (χ1) is 16.3. The van der Waals surface area contributed by atoms with E-state index in [0.29, 0.717) is 5.75 Å². The van der Waals surface area contributed by atoms with Gasteiger partial charge in [0.15, 0.2) is 0 Å². The molecule has 194 valence electrons. The molecule has 0 aromatic heterocycles. The third-order valence-corrected chi connectivity index (χ3v) is 16.3. The zero-order valence-electron chi connectivity index (χ0n) is 21.5. The Balaban J connectivity index is 1.31. The Morgan fingerprint density at radius 1 is 0.941 bits per heavy atom. The van der Waals surface area contributed by atoms with Crippen molar-refractivity contribution >= 4 is 50.8 Å². The van der Waals surface area contributed by atoms with Crippen LogP contribution in [-0.2, 0) is 11.0 Å². The Morgan fingerprint density at radius 3 is 2.21 bits per heavy atom. The van der Waals surface area contributed by atoms with Gasteiger partial charge in [-0.1, -0.05) is 72.7 Å². The summed E-state index contributed by atoms with van der Waals surface area (Å²) in [6, 6.07) is 8.12. The normalized spacial score (nSPS) is 25.1. The fourth-order valence-corrected chi connectivity index (χ4v) is 14.1. The Kier molecular flexibility index (Phi) is 12.4. The average molecular weight is 563 g/mol. The van der Waals surface area contributed by atoms with Crippen LogP contribution in [0, 0.1) is 0 Å². The summed E-state index contributed by atoms with van der Waals surface area (Å²) in [7, 11) is 10.6. The van der Waals surface area contributed by atoms with Gasteiger partial charge in [-0.25, -0.2) is 13.9 Å². The number of aryl methyl sites for hydroxylation is 1. The number of fused-ring (bicyclic) bond motifs is 4. The van der Waals surface area contributed by atoms with E-state index in [1.807, 2.05) is 12.1 Å². The fraction of sp³-hybridized carbons (Fsp3) is 0.760. The molecule has 4 rings (SSSR count). The van der Waals surface area contributed by atoms with Gasteiger partial charge in [-0.05, 0) is 87.8 Å². The third kappa shape index (κ3) is 8.29. The number of unbranched alkanes of at least 4 members (excludes halogenated alkanes) is 4. The lowest BCUT2D eigenvalue weighted by Crippen LogP contribution is -2.41. The first kappa shape index (κ1) is 29.1. The maximum atomic E-state index is 13.1. The molecular weight excluding hydrogens is 520 g/mol. The minimum Gasteiger partial charge on any atom is -0.422 e. The lowest BCUT2D eigenvalue weighted by atomic mass is 10.0. The van der Waals surface area contributed by atoms with Crippen molar-refractivity contribution in [2.75, 3.05) is 28.2 Å². The summed E-state index contributed by atoms with van der Waals surface area (Å²) < 4.78 is 22.4. The van der Waals surface area contributed by atoms with E-state index in [4.69, 9.17) is 4.52 Å². The summed E-state index contributed by atoms with van der Waals surface area (Å²) >= 11 is 2.29. The van der Waals surface area contributed by atoms with E-state index in [1.54, 1.807) is 37.5 Å². The molecule has 9 heteroatoms. The van der Waals surface area contributed by atoms with Crippen molar-refractivity contribution in [1.82, 2.24) is 9.34 Å². The number of rotatable bonds is 14. The van der Waals surface area contributed by atoms with Crippen molar-refractivity contribution in [2.45, 2.75) is 92.1 Å². The second-order valence-corrected chi connectivity index (χ2v) is 18.6. The minimum atomic E-state index is -3.01. The maximum absolute atomic E-state index is 13.1. The molecule has 2 bridgehead atoms. The zero-order valence-corrected chi connectivity index (χ0v) is 25.6. The highest BCUT2D eigenvalue weighted by Crippen LogP contribution is 2.58. The van der Waals surface area contributed by atoms with Gasteiger partial charge in [0.2, 0.25) is 0 Å². The molecule has 3 heterocycles. The summed E-state index contributed by atoms with van der Waals surface area (Å²) in [5, 5.41) is 3.56. The van der Waals surface area contributed by atoms with Crippen LogP contribution in [0.25, 0.3) is 0 Å². The van der Waals surface area contributed by atoms with Gasteiger partial charge in [0.05, 0.1) is 0 Å². The molecule has 3 aliphatic heterocycles. The predicted octanol–water partition coefficient (Wildman–Crippen LogP) is 8.63. The van der Waals surface area contributed by atoms with Crippen molar-refractivity contribution in [1.29, 1.82) is 0 Å². The van der Waals surface area contributed by atoms with Crippen LogP contribution < -0.4 is 4.52 Å². The lowest BCUT2D eigenvalue weighted by molar-refractivity contribution is 0.354. The highest BCUT2D eigenvalue weighted by Gasteiger charge is 2.42. The topological polar surface area (TPSA) is 32.8 Å². The molecule has 3 aliphatic rings. The van der Waals surface area contributed by atoms with Crippen molar-refractivity contribution in [2.24, 2.45) is 0 Å². The van der Waals surface area contributed by atoms with Crippen LogP contribution >= 0.6 is 50.8 Å². The van der Waals surface area contributed by atoms with Crippen molar-refractivity contribution in [3.63, 3.8) is 0 Å². The number of hydrogen-bond donors (Lipinski definition) is 0. The van der Waals surface area contributed by atoms with Gasteiger partial charge < -0.3 is 4.52 Å². The van der Waals surface area contributed by atoms with Gasteiger partial charge in [-0.3, -0.25) is 0 Å². The van der Waals surface area contributed by atoms with Gasteiger partial charge in [-0.15, -0.1) is 0 Å². The summed E-state index contributed by atoms with van der Waals surface area (Å²) in [5.41, 5.74) is 1.26. The molecule has 3 saturated heterocycles. The van der Waals surface area contributed by atoms with Crippen molar-refractivity contribution < 1.29 is 9.09 Å². The van der Waals surface area contributed by atoms with E-state index in [2.05, 4.69) is 62.2 Å². The first-order valence-electron chi connectivity index (χ1n) is 12.7. The molecule has 4 atom stereocenters. The molecule has 0 N–H and O–H groups in total. The third-order valence-electron chi connectivity index (χ3n) is 6.63. The Bertz CT molecular complexity index is 780. The number of nitrogens with zero attached hydrogens (tertiary/aromatic N) is 2. The number of thioether (sulfide) groups is 1. The minimum absolute atomic E-state index is 0.688. The SMILES string of the molecule is CCCC1SSSC(CCCCCCCc2cccc(OP(=O)(N(C)C)N(C)C)c2)C2CC1S2. The molecular formula is C25H43N2O2PS4. The summed E-state index contributed by atoms with van der Waals surface area (Å²) in [5.74, 6) is 0.688. The largest absolute Gasteiger partial charge is 0.422 e. The first-order valence-corrected chi connectivity index (χ1v) is 18.8. The Morgan fingerprint density at radius 2 is 1.56 bits per heavy atom. The molecule has 4 nitrogen and oxygen atoms in total. The number of hydrogen-bond acceptors (Lipinski definition) is 6.